The smallest absolute Gasteiger partial charge is 0.283 e. The Morgan fingerprint density at radius 2 is 1.87 bits per heavy atom. The predicted molar refractivity (Wildman–Crippen MR) is 121 cm³/mol. The number of carbonyl (C=O) groups excluding carboxylic acids is 1. The van der Waals surface area contributed by atoms with Crippen LogP contribution >= 0.6 is 11.3 Å². The van der Waals surface area contributed by atoms with E-state index in [4.69, 9.17) is 19.9 Å². The summed E-state index contributed by atoms with van der Waals surface area (Å²) < 4.78 is 16.9. The molecule has 3 N–H and O–H groups in total. The zero-order chi connectivity index (χ0) is 22.2. The first-order valence-electron chi connectivity index (χ1n) is 9.57. The number of benzene rings is 2. The minimum Gasteiger partial charge on any atom is -0.493 e. The van der Waals surface area contributed by atoms with Gasteiger partial charge < -0.3 is 19.9 Å². The van der Waals surface area contributed by atoms with Crippen LogP contribution in [0.4, 0.5) is 5.13 Å². The molecule has 0 radical (unpaired) electrons. The molecule has 0 saturated carbocycles. The van der Waals surface area contributed by atoms with Crippen molar-refractivity contribution in [2.45, 2.75) is 20.0 Å². The highest BCUT2D eigenvalue weighted by Crippen LogP contribution is 2.38. The average Bonchev–Trinajstić information content (AvgIpc) is 3.19. The fraction of sp³-hybridized carbons (Fsp3) is 0.227. The molecule has 0 aliphatic carbocycles. The second kappa shape index (κ2) is 10.4. The van der Waals surface area contributed by atoms with Crippen LogP contribution in [0.25, 0.3) is 0 Å². The summed E-state index contributed by atoms with van der Waals surface area (Å²) in [7, 11) is 3.10. The van der Waals surface area contributed by atoms with E-state index in [2.05, 4.69) is 15.5 Å². The molecule has 1 heterocycles. The summed E-state index contributed by atoms with van der Waals surface area (Å²) in [6.45, 7) is 2.28. The highest BCUT2D eigenvalue weighted by atomic mass is 32.1. The van der Waals surface area contributed by atoms with Gasteiger partial charge in [0.25, 0.3) is 5.91 Å². The van der Waals surface area contributed by atoms with Crippen LogP contribution in [-0.4, -0.2) is 31.3 Å². The number of aromatic nitrogens is 1. The highest BCUT2D eigenvalue weighted by molar-refractivity contribution is 7.17. The molecule has 0 atom stereocenters. The summed E-state index contributed by atoms with van der Waals surface area (Å²) in [6, 6.07) is 13.3. The molecule has 8 nitrogen and oxygen atoms in total. The minimum atomic E-state index is -0.357. The van der Waals surface area contributed by atoms with Crippen LogP contribution < -0.4 is 25.4 Å². The molecule has 2 aromatic carbocycles. The lowest BCUT2D eigenvalue weighted by atomic mass is 10.2. The fourth-order valence-corrected chi connectivity index (χ4v) is 3.66. The van der Waals surface area contributed by atoms with Gasteiger partial charge in [-0.25, -0.2) is 10.4 Å². The SMILES string of the molecule is CCc1nc(N)sc1C(=O)N/N=C\c1cc(OC)c(OCc2ccccc2)c(OC)c1. The van der Waals surface area contributed by atoms with Gasteiger partial charge in [0.2, 0.25) is 5.75 Å². The Labute approximate surface area is 184 Å². The summed E-state index contributed by atoms with van der Waals surface area (Å²) in [5.74, 6) is 1.12. The van der Waals surface area contributed by atoms with Crippen molar-refractivity contribution in [2.75, 3.05) is 20.0 Å². The molecule has 0 unspecified atom stereocenters. The number of nitrogen functional groups attached to an aromatic ring is 1. The maximum absolute atomic E-state index is 12.4. The summed E-state index contributed by atoms with van der Waals surface area (Å²) in [5.41, 5.74) is 10.5. The van der Waals surface area contributed by atoms with Crippen molar-refractivity contribution in [3.63, 3.8) is 0 Å². The molecule has 1 aromatic heterocycles. The number of carbonyl (C=O) groups is 1. The topological polar surface area (TPSA) is 108 Å². The molecule has 3 aromatic rings. The second-order valence-electron chi connectivity index (χ2n) is 6.41. The first-order chi connectivity index (χ1) is 15.0. The average molecular weight is 441 g/mol. The van der Waals surface area contributed by atoms with Crippen molar-refractivity contribution in [1.82, 2.24) is 10.4 Å². The number of thiazole rings is 1. The van der Waals surface area contributed by atoms with E-state index in [1.807, 2.05) is 37.3 Å². The number of aryl methyl sites for hydroxylation is 1. The number of rotatable bonds is 9. The Kier molecular flexibility index (Phi) is 7.45. The number of hydrogen-bond donors (Lipinski definition) is 2. The van der Waals surface area contributed by atoms with Gasteiger partial charge in [-0.1, -0.05) is 48.6 Å². The first kappa shape index (κ1) is 22.1. The quantitative estimate of drug-likeness (QED) is 0.388. The Hall–Kier alpha value is -3.59. The van der Waals surface area contributed by atoms with E-state index in [1.54, 1.807) is 26.4 Å². The van der Waals surface area contributed by atoms with Crippen LogP contribution in [0.2, 0.25) is 0 Å². The molecule has 0 aliphatic heterocycles. The van der Waals surface area contributed by atoms with Crippen molar-refractivity contribution in [3.8, 4) is 17.2 Å². The van der Waals surface area contributed by atoms with Gasteiger partial charge in [-0.15, -0.1) is 0 Å². The van der Waals surface area contributed by atoms with Crippen molar-refractivity contribution in [1.29, 1.82) is 0 Å². The van der Waals surface area contributed by atoms with E-state index in [9.17, 15) is 4.79 Å². The van der Waals surface area contributed by atoms with Crippen LogP contribution in [0.5, 0.6) is 17.2 Å². The van der Waals surface area contributed by atoms with Gasteiger partial charge in [-0.05, 0) is 24.1 Å². The number of nitrogens with two attached hydrogens (primary N) is 1. The Morgan fingerprint density at radius 3 is 2.48 bits per heavy atom. The van der Waals surface area contributed by atoms with Crippen molar-refractivity contribution < 1.29 is 19.0 Å². The molecule has 31 heavy (non-hydrogen) atoms. The standard InChI is InChI=1S/C22H24N4O4S/c1-4-16-20(31-22(23)25-16)21(27)26-24-12-15-10-17(28-2)19(18(11-15)29-3)30-13-14-8-6-5-7-9-14/h5-12H,4,13H2,1-3H3,(H2,23,25)(H,26,27)/b24-12-. The van der Waals surface area contributed by atoms with Gasteiger partial charge in [0.15, 0.2) is 16.6 Å². The van der Waals surface area contributed by atoms with E-state index in [0.29, 0.717) is 51.5 Å². The van der Waals surface area contributed by atoms with Crippen molar-refractivity contribution in [2.24, 2.45) is 5.10 Å². The summed E-state index contributed by atoms with van der Waals surface area (Å²) >= 11 is 1.14. The van der Waals surface area contributed by atoms with Crippen LogP contribution in [0.1, 0.15) is 33.4 Å². The number of anilines is 1. The van der Waals surface area contributed by atoms with Crippen LogP contribution in [0, 0.1) is 0 Å². The third-order valence-electron chi connectivity index (χ3n) is 4.34. The van der Waals surface area contributed by atoms with Gasteiger partial charge in [0, 0.05) is 5.56 Å². The van der Waals surface area contributed by atoms with Gasteiger partial charge in [0.1, 0.15) is 11.5 Å². The summed E-state index contributed by atoms with van der Waals surface area (Å²) in [4.78, 5) is 17.0. The predicted octanol–water partition coefficient (Wildman–Crippen LogP) is 3.65. The second-order valence-corrected chi connectivity index (χ2v) is 7.44. The zero-order valence-electron chi connectivity index (χ0n) is 17.5. The number of hydrogen-bond acceptors (Lipinski definition) is 8. The zero-order valence-corrected chi connectivity index (χ0v) is 18.4. The molecule has 9 heteroatoms. The Bertz CT molecular complexity index is 1040. The van der Waals surface area contributed by atoms with Crippen LogP contribution in [0.15, 0.2) is 47.6 Å². The lowest BCUT2D eigenvalue weighted by Crippen LogP contribution is -2.17. The van der Waals surface area contributed by atoms with Crippen molar-refractivity contribution in [3.05, 3.63) is 64.2 Å². The van der Waals surface area contributed by atoms with E-state index in [1.165, 1.54) is 6.21 Å². The lowest BCUT2D eigenvalue weighted by Gasteiger charge is -2.15. The third kappa shape index (κ3) is 5.52. The number of ether oxygens (including phenoxy) is 3. The van der Waals surface area contributed by atoms with E-state index >= 15 is 0 Å². The van der Waals surface area contributed by atoms with Gasteiger partial charge in [-0.2, -0.15) is 5.10 Å². The van der Waals surface area contributed by atoms with Gasteiger partial charge >= 0.3 is 0 Å². The molecule has 3 rings (SSSR count). The Morgan fingerprint density at radius 1 is 1.19 bits per heavy atom. The monoisotopic (exact) mass is 440 g/mol. The number of hydrazone groups is 1. The van der Waals surface area contributed by atoms with Gasteiger partial charge in [-0.3, -0.25) is 4.79 Å². The summed E-state index contributed by atoms with van der Waals surface area (Å²) in [6.07, 6.45) is 2.11. The molecule has 1 amide bonds. The van der Waals surface area contributed by atoms with E-state index < -0.39 is 0 Å². The largest absolute Gasteiger partial charge is 0.493 e. The number of methoxy groups -OCH3 is 2. The molecule has 0 saturated heterocycles. The maximum Gasteiger partial charge on any atom is 0.283 e. The minimum absolute atomic E-state index is 0.353. The molecule has 162 valence electrons. The van der Waals surface area contributed by atoms with E-state index in [0.717, 1.165) is 16.9 Å². The third-order valence-corrected chi connectivity index (χ3v) is 5.27. The normalized spacial score (nSPS) is 10.8. The van der Waals surface area contributed by atoms with Crippen LogP contribution in [0.3, 0.4) is 0 Å². The van der Waals surface area contributed by atoms with Gasteiger partial charge in [0.05, 0.1) is 26.1 Å². The highest BCUT2D eigenvalue weighted by Gasteiger charge is 2.16. The van der Waals surface area contributed by atoms with Crippen molar-refractivity contribution >= 4 is 28.6 Å². The molecule has 0 fully saturated rings. The fourth-order valence-electron chi connectivity index (χ4n) is 2.85. The van der Waals surface area contributed by atoms with E-state index in [-0.39, 0.29) is 5.91 Å². The summed E-state index contributed by atoms with van der Waals surface area (Å²) in [5, 5.41) is 4.39. The Balaban J connectivity index is 1.74. The lowest BCUT2D eigenvalue weighted by molar-refractivity contribution is 0.0958. The number of nitrogens with zero attached hydrogens (tertiary/aromatic N) is 2. The molecule has 0 bridgehead atoms. The molecule has 0 spiro atoms. The maximum atomic E-state index is 12.4. The number of nitrogens with one attached hydrogen (secondary N) is 1. The molecular weight excluding hydrogens is 416 g/mol. The number of amides is 1. The first-order valence-corrected chi connectivity index (χ1v) is 10.4. The van der Waals surface area contributed by atoms with Crippen LogP contribution in [-0.2, 0) is 13.0 Å². The molecular formula is C22H24N4O4S. The molecule has 0 aliphatic rings.